The van der Waals surface area contributed by atoms with Gasteiger partial charge in [0.25, 0.3) is 0 Å². The van der Waals surface area contributed by atoms with E-state index >= 15 is 0 Å². The standard InChI is InChI=1S/C17H23ClN4O/c18-12-3-1-2-11(8-12)16-15(9-19-21-16)17(23)22-7-6-13-4-5-14(10-22)20-13/h1-3,8,13-16,19-21H,4-7,9-10H2. The molecule has 0 spiro atoms. The van der Waals surface area contributed by atoms with Gasteiger partial charge in [0, 0.05) is 36.7 Å². The first-order valence-corrected chi connectivity index (χ1v) is 8.87. The molecule has 1 aromatic carbocycles. The van der Waals surface area contributed by atoms with Gasteiger partial charge in [-0.2, -0.15) is 0 Å². The molecule has 0 radical (unpaired) electrons. The fourth-order valence-electron chi connectivity index (χ4n) is 4.12. The Morgan fingerprint density at radius 2 is 2.09 bits per heavy atom. The number of carbonyl (C=O) groups excluding carboxylic acids is 1. The molecule has 0 saturated carbocycles. The van der Waals surface area contributed by atoms with Crippen molar-refractivity contribution >= 4 is 17.5 Å². The van der Waals surface area contributed by atoms with E-state index in [1.165, 1.54) is 12.8 Å². The zero-order valence-corrected chi connectivity index (χ0v) is 13.9. The summed E-state index contributed by atoms with van der Waals surface area (Å²) < 4.78 is 0. The van der Waals surface area contributed by atoms with Crippen LogP contribution >= 0.6 is 11.6 Å². The van der Waals surface area contributed by atoms with Crippen LogP contribution in [0.1, 0.15) is 30.9 Å². The summed E-state index contributed by atoms with van der Waals surface area (Å²) in [4.78, 5) is 15.1. The quantitative estimate of drug-likeness (QED) is 0.766. The zero-order chi connectivity index (χ0) is 15.8. The third kappa shape index (κ3) is 3.11. The minimum absolute atomic E-state index is 0.0189. The van der Waals surface area contributed by atoms with E-state index in [2.05, 4.69) is 21.1 Å². The molecule has 0 aliphatic carbocycles. The van der Waals surface area contributed by atoms with Gasteiger partial charge in [-0.15, -0.1) is 0 Å². The molecule has 5 nitrogen and oxygen atoms in total. The number of nitrogens with one attached hydrogen (secondary N) is 3. The van der Waals surface area contributed by atoms with E-state index in [0.29, 0.717) is 23.7 Å². The Morgan fingerprint density at radius 3 is 2.96 bits per heavy atom. The number of halogens is 1. The molecule has 3 aliphatic heterocycles. The average molecular weight is 335 g/mol. The number of hydrogen-bond donors (Lipinski definition) is 3. The number of nitrogens with zero attached hydrogens (tertiary/aromatic N) is 1. The molecule has 1 aromatic rings. The summed E-state index contributed by atoms with van der Waals surface area (Å²) in [5.74, 6) is 0.173. The van der Waals surface area contributed by atoms with Crippen LogP contribution in [0.25, 0.3) is 0 Å². The second-order valence-corrected chi connectivity index (χ2v) is 7.31. The largest absolute Gasteiger partial charge is 0.341 e. The first-order chi connectivity index (χ1) is 11.2. The fraction of sp³-hybridized carbons (Fsp3) is 0.588. The highest BCUT2D eigenvalue weighted by atomic mass is 35.5. The SMILES string of the molecule is O=C(C1CNNC1c1cccc(Cl)c1)N1CCC2CCC(C1)N2. The third-order valence-corrected chi connectivity index (χ3v) is 5.58. The van der Waals surface area contributed by atoms with Crippen LogP contribution in [-0.2, 0) is 4.79 Å². The lowest BCUT2D eigenvalue weighted by Crippen LogP contribution is -2.43. The molecule has 3 aliphatic rings. The molecule has 3 fully saturated rings. The molecule has 23 heavy (non-hydrogen) atoms. The number of carbonyl (C=O) groups is 1. The van der Waals surface area contributed by atoms with E-state index in [1.54, 1.807) is 0 Å². The highest BCUT2D eigenvalue weighted by Gasteiger charge is 2.39. The summed E-state index contributed by atoms with van der Waals surface area (Å²) in [5, 5.41) is 4.34. The Bertz CT molecular complexity index is 596. The van der Waals surface area contributed by atoms with E-state index in [9.17, 15) is 4.79 Å². The predicted molar refractivity (Wildman–Crippen MR) is 90.0 cm³/mol. The molecule has 3 heterocycles. The number of hydrazine groups is 1. The number of benzene rings is 1. The predicted octanol–water partition coefficient (Wildman–Crippen LogP) is 1.46. The van der Waals surface area contributed by atoms with Crippen LogP contribution in [0.3, 0.4) is 0 Å². The zero-order valence-electron chi connectivity index (χ0n) is 13.1. The minimum atomic E-state index is -0.0786. The molecule has 6 heteroatoms. The van der Waals surface area contributed by atoms with Gasteiger partial charge in [0.2, 0.25) is 5.91 Å². The monoisotopic (exact) mass is 334 g/mol. The molecule has 124 valence electrons. The normalized spacial score (nSPS) is 33.7. The Labute approximate surface area is 141 Å². The second-order valence-electron chi connectivity index (χ2n) is 6.88. The second kappa shape index (κ2) is 6.40. The lowest BCUT2D eigenvalue weighted by Gasteiger charge is -2.29. The van der Waals surface area contributed by atoms with Crippen molar-refractivity contribution in [3.8, 4) is 0 Å². The van der Waals surface area contributed by atoms with Crippen molar-refractivity contribution in [2.75, 3.05) is 19.6 Å². The Balaban J connectivity index is 1.50. The number of hydrogen-bond acceptors (Lipinski definition) is 4. The van der Waals surface area contributed by atoms with Crippen molar-refractivity contribution in [3.05, 3.63) is 34.9 Å². The van der Waals surface area contributed by atoms with E-state index < -0.39 is 0 Å². The van der Waals surface area contributed by atoms with Gasteiger partial charge in [0.15, 0.2) is 0 Å². The third-order valence-electron chi connectivity index (χ3n) is 5.34. The molecule has 4 unspecified atom stereocenters. The maximum absolute atomic E-state index is 13.1. The highest BCUT2D eigenvalue weighted by Crippen LogP contribution is 2.29. The van der Waals surface area contributed by atoms with Crippen LogP contribution in [-0.4, -0.2) is 42.5 Å². The van der Waals surface area contributed by atoms with Crippen molar-refractivity contribution in [1.29, 1.82) is 0 Å². The van der Waals surface area contributed by atoms with Crippen LogP contribution < -0.4 is 16.2 Å². The van der Waals surface area contributed by atoms with Gasteiger partial charge >= 0.3 is 0 Å². The maximum Gasteiger partial charge on any atom is 0.229 e. The van der Waals surface area contributed by atoms with Gasteiger partial charge in [-0.25, -0.2) is 5.43 Å². The van der Waals surface area contributed by atoms with Gasteiger partial charge in [0.1, 0.15) is 0 Å². The molecule has 3 saturated heterocycles. The lowest BCUT2D eigenvalue weighted by atomic mass is 9.93. The Kier molecular flexibility index (Phi) is 4.28. The maximum atomic E-state index is 13.1. The topological polar surface area (TPSA) is 56.4 Å². The Morgan fingerprint density at radius 1 is 1.22 bits per heavy atom. The fourth-order valence-corrected chi connectivity index (χ4v) is 4.32. The van der Waals surface area contributed by atoms with Crippen molar-refractivity contribution in [1.82, 2.24) is 21.1 Å². The molecule has 0 aromatic heterocycles. The average Bonchev–Trinajstić information content (AvgIpc) is 3.13. The smallest absolute Gasteiger partial charge is 0.229 e. The molecule has 2 bridgehead atoms. The Hall–Kier alpha value is -1.14. The molecular weight excluding hydrogens is 312 g/mol. The van der Waals surface area contributed by atoms with Crippen molar-refractivity contribution in [3.63, 3.8) is 0 Å². The van der Waals surface area contributed by atoms with E-state index in [1.807, 2.05) is 24.3 Å². The molecule has 1 amide bonds. The van der Waals surface area contributed by atoms with Crippen LogP contribution in [0.5, 0.6) is 0 Å². The first kappa shape index (κ1) is 15.4. The lowest BCUT2D eigenvalue weighted by molar-refractivity contribution is -0.135. The number of likely N-dealkylation sites (tertiary alicyclic amines) is 1. The van der Waals surface area contributed by atoms with Gasteiger partial charge in [0.05, 0.1) is 12.0 Å². The highest BCUT2D eigenvalue weighted by molar-refractivity contribution is 6.30. The summed E-state index contributed by atoms with van der Waals surface area (Å²) in [6.45, 7) is 2.37. The van der Waals surface area contributed by atoms with Crippen LogP contribution in [0.2, 0.25) is 5.02 Å². The van der Waals surface area contributed by atoms with Gasteiger partial charge in [-0.3, -0.25) is 10.2 Å². The summed E-state index contributed by atoms with van der Waals surface area (Å²) in [6.07, 6.45) is 3.51. The molecular formula is C17H23ClN4O. The van der Waals surface area contributed by atoms with Crippen molar-refractivity contribution in [2.45, 2.75) is 37.4 Å². The van der Waals surface area contributed by atoms with E-state index in [4.69, 9.17) is 11.6 Å². The van der Waals surface area contributed by atoms with Crippen molar-refractivity contribution in [2.24, 2.45) is 5.92 Å². The van der Waals surface area contributed by atoms with Gasteiger partial charge in [-0.1, -0.05) is 23.7 Å². The summed E-state index contributed by atoms with van der Waals surface area (Å²) in [7, 11) is 0. The van der Waals surface area contributed by atoms with Gasteiger partial charge < -0.3 is 10.2 Å². The first-order valence-electron chi connectivity index (χ1n) is 8.49. The van der Waals surface area contributed by atoms with E-state index in [0.717, 1.165) is 25.1 Å². The van der Waals surface area contributed by atoms with Crippen LogP contribution in [0, 0.1) is 5.92 Å². The molecule has 3 N–H and O–H groups in total. The summed E-state index contributed by atoms with van der Waals surface area (Å²) in [5.41, 5.74) is 7.47. The molecule has 4 atom stereocenters. The minimum Gasteiger partial charge on any atom is -0.341 e. The van der Waals surface area contributed by atoms with Crippen LogP contribution in [0.4, 0.5) is 0 Å². The van der Waals surface area contributed by atoms with E-state index in [-0.39, 0.29) is 17.9 Å². The number of amides is 1. The van der Waals surface area contributed by atoms with Gasteiger partial charge in [-0.05, 0) is 37.0 Å². The summed E-state index contributed by atoms with van der Waals surface area (Å²) in [6, 6.07) is 8.82. The summed E-state index contributed by atoms with van der Waals surface area (Å²) >= 11 is 6.11. The molecule has 4 rings (SSSR count). The van der Waals surface area contributed by atoms with Crippen LogP contribution in [0.15, 0.2) is 24.3 Å². The number of fused-ring (bicyclic) bond motifs is 2. The number of rotatable bonds is 2. The van der Waals surface area contributed by atoms with Crippen molar-refractivity contribution < 1.29 is 4.79 Å².